The monoisotopic (exact) mass is 354 g/mol. The maximum atomic E-state index is 12.8. The summed E-state index contributed by atoms with van der Waals surface area (Å²) in [7, 11) is 4.13. The molecule has 7 heteroatoms. The molecule has 6 nitrogen and oxygen atoms in total. The normalized spacial score (nSPS) is 17.5. The Morgan fingerprint density at radius 3 is 2.54 bits per heavy atom. The smallest absolute Gasteiger partial charge is 0.255 e. The lowest BCUT2D eigenvalue weighted by atomic mass is 10.1. The minimum absolute atomic E-state index is 0.0466. The molecule has 1 saturated heterocycles. The minimum Gasteiger partial charge on any atom is -0.493 e. The molecule has 0 bridgehead atoms. The largest absolute Gasteiger partial charge is 0.493 e. The van der Waals surface area contributed by atoms with Gasteiger partial charge in [0, 0.05) is 32.2 Å². The van der Waals surface area contributed by atoms with E-state index in [1.807, 2.05) is 6.92 Å². The number of anilines is 1. The molecule has 1 amide bonds. The van der Waals surface area contributed by atoms with Gasteiger partial charge in [0.2, 0.25) is 0 Å². The molecule has 134 valence electrons. The standard InChI is InChI=1S/C17H27ClN4O2/c1-4-7-24-16-9-15(19)14(18)8-13(16)17(23)20-12-10-21(2)5-6-22(3)11-12/h8-9,12H,4-7,10-11,19H2,1-3H3,(H,20,23). The Labute approximate surface area is 148 Å². The first-order chi connectivity index (χ1) is 11.4. The first-order valence-corrected chi connectivity index (χ1v) is 8.68. The number of nitrogen functional groups attached to an aromatic ring is 1. The van der Waals surface area contributed by atoms with Crippen LogP contribution in [-0.2, 0) is 0 Å². The summed E-state index contributed by atoms with van der Waals surface area (Å²) in [5, 5.41) is 3.46. The molecule has 1 aromatic rings. The average Bonchev–Trinajstić information content (AvgIpc) is 2.68. The van der Waals surface area contributed by atoms with Crippen LogP contribution in [0.3, 0.4) is 0 Å². The lowest BCUT2D eigenvalue weighted by Crippen LogP contribution is -2.45. The van der Waals surface area contributed by atoms with Crippen molar-refractivity contribution in [3.05, 3.63) is 22.7 Å². The van der Waals surface area contributed by atoms with Crippen LogP contribution in [0.25, 0.3) is 0 Å². The number of nitrogens with one attached hydrogen (secondary N) is 1. The average molecular weight is 355 g/mol. The summed E-state index contributed by atoms with van der Waals surface area (Å²) in [6.07, 6.45) is 0.849. The molecule has 0 atom stereocenters. The topological polar surface area (TPSA) is 70.8 Å². The number of likely N-dealkylation sites (N-methyl/N-ethyl adjacent to an activating group) is 2. The summed E-state index contributed by atoms with van der Waals surface area (Å²) in [5.74, 6) is 0.295. The van der Waals surface area contributed by atoms with Gasteiger partial charge >= 0.3 is 0 Å². The number of hydrogen-bond donors (Lipinski definition) is 2. The van der Waals surface area contributed by atoms with Gasteiger partial charge in [-0.25, -0.2) is 0 Å². The number of rotatable bonds is 5. The number of nitrogens with zero attached hydrogens (tertiary/aromatic N) is 2. The van der Waals surface area contributed by atoms with Crippen LogP contribution in [0.1, 0.15) is 23.7 Å². The fourth-order valence-electron chi connectivity index (χ4n) is 2.77. The number of nitrogens with two attached hydrogens (primary N) is 1. The zero-order valence-corrected chi connectivity index (χ0v) is 15.4. The van der Waals surface area contributed by atoms with Gasteiger partial charge in [0.25, 0.3) is 5.91 Å². The van der Waals surface area contributed by atoms with E-state index in [0.717, 1.165) is 32.6 Å². The highest BCUT2D eigenvalue weighted by atomic mass is 35.5. The maximum absolute atomic E-state index is 12.8. The van der Waals surface area contributed by atoms with Gasteiger partial charge in [-0.3, -0.25) is 4.79 Å². The van der Waals surface area contributed by atoms with Crippen LogP contribution in [-0.4, -0.2) is 68.6 Å². The molecule has 1 heterocycles. The van der Waals surface area contributed by atoms with Crippen LogP contribution >= 0.6 is 11.6 Å². The molecule has 0 aromatic heterocycles. The van der Waals surface area contributed by atoms with Crippen molar-refractivity contribution in [1.82, 2.24) is 15.1 Å². The third-order valence-electron chi connectivity index (χ3n) is 4.07. The Balaban J connectivity index is 2.17. The summed E-state index contributed by atoms with van der Waals surface area (Å²) in [6, 6.07) is 3.25. The van der Waals surface area contributed by atoms with Crippen molar-refractivity contribution in [3.8, 4) is 5.75 Å². The molecular formula is C17H27ClN4O2. The van der Waals surface area contributed by atoms with E-state index in [0.29, 0.717) is 28.6 Å². The van der Waals surface area contributed by atoms with E-state index in [2.05, 4.69) is 29.2 Å². The van der Waals surface area contributed by atoms with Crippen LogP contribution < -0.4 is 15.8 Å². The molecule has 2 rings (SSSR count). The van der Waals surface area contributed by atoms with Crippen LogP contribution in [0.5, 0.6) is 5.75 Å². The Hall–Kier alpha value is -1.50. The van der Waals surface area contributed by atoms with E-state index in [-0.39, 0.29) is 11.9 Å². The number of carbonyl (C=O) groups is 1. The summed E-state index contributed by atoms with van der Waals surface area (Å²) >= 11 is 6.10. The molecular weight excluding hydrogens is 328 g/mol. The van der Waals surface area contributed by atoms with Gasteiger partial charge in [0.15, 0.2) is 0 Å². The molecule has 0 radical (unpaired) electrons. The second-order valence-corrected chi connectivity index (χ2v) is 6.82. The van der Waals surface area contributed by atoms with Crippen LogP contribution in [0, 0.1) is 0 Å². The van der Waals surface area contributed by atoms with Gasteiger partial charge in [0.1, 0.15) is 5.75 Å². The summed E-state index contributed by atoms with van der Waals surface area (Å²) in [5.41, 5.74) is 6.68. The van der Waals surface area contributed by atoms with Crippen LogP contribution in [0.4, 0.5) is 5.69 Å². The van der Waals surface area contributed by atoms with Gasteiger partial charge in [-0.1, -0.05) is 18.5 Å². The molecule has 24 heavy (non-hydrogen) atoms. The third kappa shape index (κ3) is 5.00. The Morgan fingerprint density at radius 2 is 1.96 bits per heavy atom. The summed E-state index contributed by atoms with van der Waals surface area (Å²) in [4.78, 5) is 17.2. The fourth-order valence-corrected chi connectivity index (χ4v) is 2.93. The van der Waals surface area contributed by atoms with Crippen molar-refractivity contribution in [1.29, 1.82) is 0 Å². The number of amides is 1. The van der Waals surface area contributed by atoms with Crippen molar-refractivity contribution in [2.45, 2.75) is 19.4 Å². The molecule has 3 N–H and O–H groups in total. The van der Waals surface area contributed by atoms with Crippen LogP contribution in [0.15, 0.2) is 12.1 Å². The second-order valence-electron chi connectivity index (χ2n) is 6.41. The Kier molecular flexibility index (Phi) is 6.71. The predicted molar refractivity (Wildman–Crippen MR) is 97.9 cm³/mol. The molecule has 0 unspecified atom stereocenters. The van der Waals surface area contributed by atoms with Crippen molar-refractivity contribution < 1.29 is 9.53 Å². The highest BCUT2D eigenvalue weighted by Gasteiger charge is 2.23. The van der Waals surface area contributed by atoms with E-state index in [1.165, 1.54) is 0 Å². The van der Waals surface area contributed by atoms with Gasteiger partial charge in [-0.2, -0.15) is 0 Å². The van der Waals surface area contributed by atoms with Gasteiger partial charge in [-0.05, 0) is 26.6 Å². The molecule has 0 saturated carbocycles. The molecule has 1 fully saturated rings. The maximum Gasteiger partial charge on any atom is 0.255 e. The third-order valence-corrected chi connectivity index (χ3v) is 4.40. The van der Waals surface area contributed by atoms with Gasteiger partial charge in [-0.15, -0.1) is 0 Å². The first-order valence-electron chi connectivity index (χ1n) is 8.30. The van der Waals surface area contributed by atoms with E-state index in [9.17, 15) is 4.79 Å². The SMILES string of the molecule is CCCOc1cc(N)c(Cl)cc1C(=O)NC1CN(C)CCN(C)C1. The highest BCUT2D eigenvalue weighted by Crippen LogP contribution is 2.29. The predicted octanol–water partition coefficient (Wildman–Crippen LogP) is 1.69. The number of ether oxygens (including phenoxy) is 1. The first kappa shape index (κ1) is 18.8. The molecule has 1 aliphatic rings. The van der Waals surface area contributed by atoms with E-state index in [1.54, 1.807) is 12.1 Å². The minimum atomic E-state index is -0.184. The van der Waals surface area contributed by atoms with E-state index < -0.39 is 0 Å². The van der Waals surface area contributed by atoms with E-state index >= 15 is 0 Å². The molecule has 1 aromatic carbocycles. The van der Waals surface area contributed by atoms with Crippen molar-refractivity contribution in [2.75, 3.05) is 52.6 Å². The van der Waals surface area contributed by atoms with Crippen molar-refractivity contribution in [3.63, 3.8) is 0 Å². The molecule has 0 spiro atoms. The lowest BCUT2D eigenvalue weighted by molar-refractivity contribution is 0.0922. The van der Waals surface area contributed by atoms with Gasteiger partial charge in [0.05, 0.1) is 28.9 Å². The number of benzene rings is 1. The second kappa shape index (κ2) is 8.55. The van der Waals surface area contributed by atoms with Crippen LogP contribution in [0.2, 0.25) is 5.02 Å². The molecule has 1 aliphatic heterocycles. The zero-order valence-electron chi connectivity index (χ0n) is 14.6. The fraction of sp³-hybridized carbons (Fsp3) is 0.588. The van der Waals surface area contributed by atoms with Gasteiger partial charge < -0.3 is 25.6 Å². The number of hydrogen-bond acceptors (Lipinski definition) is 5. The summed E-state index contributed by atoms with van der Waals surface area (Å²) in [6.45, 7) is 6.13. The Bertz CT molecular complexity index is 570. The highest BCUT2D eigenvalue weighted by molar-refractivity contribution is 6.33. The van der Waals surface area contributed by atoms with Crippen molar-refractivity contribution in [2.24, 2.45) is 0 Å². The van der Waals surface area contributed by atoms with Crippen molar-refractivity contribution >= 4 is 23.2 Å². The lowest BCUT2D eigenvalue weighted by Gasteiger charge is -2.23. The number of carbonyl (C=O) groups excluding carboxylic acids is 1. The molecule has 0 aliphatic carbocycles. The quantitative estimate of drug-likeness (QED) is 0.787. The Morgan fingerprint density at radius 1 is 1.33 bits per heavy atom. The number of halogens is 1. The zero-order chi connectivity index (χ0) is 17.7. The summed E-state index contributed by atoms with van der Waals surface area (Å²) < 4.78 is 5.68. The van der Waals surface area contributed by atoms with E-state index in [4.69, 9.17) is 22.1 Å².